The van der Waals surface area contributed by atoms with Crippen LogP contribution in [0.1, 0.15) is 143 Å². The van der Waals surface area contributed by atoms with Gasteiger partial charge in [0.15, 0.2) is 11.6 Å². The van der Waals surface area contributed by atoms with Crippen molar-refractivity contribution in [3.8, 4) is 0 Å². The maximum Gasteiger partial charge on any atom is 0.220 e. The molecule has 0 aromatic heterocycles. The lowest BCUT2D eigenvalue weighted by molar-refractivity contribution is -0.139. The van der Waals surface area contributed by atoms with Gasteiger partial charge in [-0.05, 0) is 148 Å². The Bertz CT molecular complexity index is 1690. The van der Waals surface area contributed by atoms with E-state index in [-0.39, 0.29) is 62.4 Å². The highest BCUT2D eigenvalue weighted by Crippen LogP contribution is 2.69. The van der Waals surface area contributed by atoms with Crippen LogP contribution in [0.25, 0.3) is 0 Å². The smallest absolute Gasteiger partial charge is 0.220 e. The summed E-state index contributed by atoms with van der Waals surface area (Å²) in [6.45, 7) is 9.47. The number of ketones is 2. The highest BCUT2D eigenvalue weighted by molar-refractivity contribution is 5.92. The molecule has 7 heteroatoms. The molecule has 0 aromatic rings. The molecule has 2 heterocycles. The number of hydrogen-bond acceptors (Lipinski definition) is 5. The molecule has 2 spiro atoms. The molecule has 7 nitrogen and oxygen atoms in total. The van der Waals surface area contributed by atoms with Gasteiger partial charge in [-0.1, -0.05) is 50.5 Å². The third-order valence-electron chi connectivity index (χ3n) is 18.3. The monoisotopic (exact) mass is 696 g/mol. The molecule has 2 aliphatic heterocycles. The molecule has 0 bridgehead atoms. The Balaban J connectivity index is 0.000000137. The Labute approximate surface area is 304 Å². The van der Waals surface area contributed by atoms with Crippen molar-refractivity contribution >= 4 is 23.4 Å². The molecular weight excluding hydrogens is 636 g/mol. The first-order valence-corrected chi connectivity index (χ1v) is 20.7. The van der Waals surface area contributed by atoms with E-state index >= 15 is 0 Å². The molecule has 8 aliphatic carbocycles. The van der Waals surface area contributed by atoms with E-state index < -0.39 is 0 Å². The fourth-order valence-corrected chi connectivity index (χ4v) is 15.5. The minimum atomic E-state index is -0.337. The van der Waals surface area contributed by atoms with Gasteiger partial charge in [0.25, 0.3) is 0 Å². The number of amides is 2. The van der Waals surface area contributed by atoms with Gasteiger partial charge in [0.1, 0.15) is 0 Å². The maximum absolute atomic E-state index is 12.0. The number of allylic oxidation sites excluding steroid dienone is 5. The van der Waals surface area contributed by atoms with Crippen LogP contribution in [0.3, 0.4) is 0 Å². The zero-order valence-electron chi connectivity index (χ0n) is 31.5. The molecule has 276 valence electrons. The molecule has 51 heavy (non-hydrogen) atoms. The van der Waals surface area contributed by atoms with Crippen molar-refractivity contribution in [2.75, 3.05) is 0 Å². The molecule has 10 rings (SSSR count). The fourth-order valence-electron chi connectivity index (χ4n) is 15.5. The number of aliphatic hydroxyl groups is 1. The Morgan fingerprint density at radius 1 is 0.647 bits per heavy atom. The highest BCUT2D eigenvalue weighted by atomic mass is 16.3. The molecule has 2 saturated heterocycles. The summed E-state index contributed by atoms with van der Waals surface area (Å²) in [7, 11) is 0. The second-order valence-corrected chi connectivity index (χ2v) is 19.9. The van der Waals surface area contributed by atoms with Gasteiger partial charge in [-0.3, -0.25) is 19.2 Å². The first kappa shape index (κ1) is 34.2. The van der Waals surface area contributed by atoms with Gasteiger partial charge in [0, 0.05) is 42.2 Å². The topological polar surface area (TPSA) is 113 Å². The van der Waals surface area contributed by atoms with Crippen LogP contribution in [0.5, 0.6) is 0 Å². The predicted molar refractivity (Wildman–Crippen MR) is 195 cm³/mol. The number of fused-ring (bicyclic) bond motifs is 12. The maximum atomic E-state index is 12.0. The van der Waals surface area contributed by atoms with Gasteiger partial charge in [0.05, 0.1) is 6.10 Å². The number of carbonyl (C=O) groups excluding carboxylic acids is 4. The van der Waals surface area contributed by atoms with Crippen LogP contribution in [-0.4, -0.2) is 45.7 Å². The SMILES string of the molecule is C[C@]12CCC(=O)C=C1CCC1C2=CC[C@@]2(C)C1CC[C@@]21CCC(=O)N1.C[C@]12CCC(=O)C=C1CCC1C2[C@@H](O)C[C@@]2(C)C1CC[C@@]21CCC(=O)N1. The first-order valence-electron chi connectivity index (χ1n) is 20.7. The summed E-state index contributed by atoms with van der Waals surface area (Å²) in [5.41, 5.74) is 4.55. The van der Waals surface area contributed by atoms with Gasteiger partial charge in [-0.2, -0.15) is 0 Å². The lowest BCUT2D eigenvalue weighted by atomic mass is 9.45. The van der Waals surface area contributed by atoms with Gasteiger partial charge in [-0.25, -0.2) is 0 Å². The van der Waals surface area contributed by atoms with E-state index in [0.717, 1.165) is 70.6 Å². The van der Waals surface area contributed by atoms with Crippen LogP contribution in [0.4, 0.5) is 0 Å². The van der Waals surface area contributed by atoms with E-state index in [2.05, 4.69) is 44.4 Å². The normalized spacial score (nSPS) is 50.7. The molecule has 3 N–H and O–H groups in total. The van der Waals surface area contributed by atoms with Gasteiger partial charge in [-0.15, -0.1) is 0 Å². The molecule has 2 amide bonds. The largest absolute Gasteiger partial charge is 0.393 e. The van der Waals surface area contributed by atoms with E-state index in [1.165, 1.54) is 30.4 Å². The lowest BCUT2D eigenvalue weighted by Gasteiger charge is -2.61. The minimum Gasteiger partial charge on any atom is -0.393 e. The third-order valence-corrected chi connectivity index (χ3v) is 18.3. The minimum absolute atomic E-state index is 0.00179. The van der Waals surface area contributed by atoms with Gasteiger partial charge >= 0.3 is 0 Å². The van der Waals surface area contributed by atoms with Crippen molar-refractivity contribution in [1.82, 2.24) is 10.6 Å². The molecule has 12 atom stereocenters. The average molecular weight is 697 g/mol. The van der Waals surface area contributed by atoms with Crippen molar-refractivity contribution in [1.29, 1.82) is 0 Å². The molecule has 7 fully saturated rings. The standard InChI is InChI=1S/C22H31NO3.C22H29NO2/c1-20-8-5-14(24)11-13(20)3-4-15-16-6-9-22(10-7-18(26)23-22)21(16,2)12-17(25)19(15)20;1-20-9-5-15(24)13-14(20)3-4-16-17(20)6-10-21(2)18(16)7-11-22(21)12-8-19(25)23-22/h11,15-17,19,25H,3-10,12H2,1-2H3,(H,23,26);6,13,16,18H,3-5,7-12H2,1-2H3,(H,23,25)/t15?,16?,17-,19?,20-,21-,22+;16?,18?,20-,21-,22+/m00/s1. The second-order valence-electron chi connectivity index (χ2n) is 19.9. The second kappa shape index (κ2) is 11.2. The number of carbonyl (C=O) groups is 4. The summed E-state index contributed by atoms with van der Waals surface area (Å²) in [5.74, 6) is 3.70. The summed E-state index contributed by atoms with van der Waals surface area (Å²) in [6, 6.07) is 0. The van der Waals surface area contributed by atoms with Crippen LogP contribution in [-0.2, 0) is 19.2 Å². The molecule has 5 saturated carbocycles. The summed E-state index contributed by atoms with van der Waals surface area (Å²) in [6.07, 6.45) is 23.4. The number of aliphatic hydroxyl groups excluding tert-OH is 1. The molecule has 0 aromatic carbocycles. The third kappa shape index (κ3) is 4.57. The fraction of sp³-hybridized carbons (Fsp3) is 0.773. The van der Waals surface area contributed by atoms with Crippen molar-refractivity contribution < 1.29 is 24.3 Å². The summed E-state index contributed by atoms with van der Waals surface area (Å²) < 4.78 is 0. The quantitative estimate of drug-likeness (QED) is 0.232. The van der Waals surface area contributed by atoms with Crippen LogP contribution in [0.15, 0.2) is 34.9 Å². The Morgan fingerprint density at radius 3 is 1.92 bits per heavy atom. The van der Waals surface area contributed by atoms with Crippen LogP contribution >= 0.6 is 0 Å². The Morgan fingerprint density at radius 2 is 1.25 bits per heavy atom. The zero-order valence-corrected chi connectivity index (χ0v) is 31.5. The molecule has 10 aliphatic rings. The van der Waals surface area contributed by atoms with Crippen molar-refractivity contribution in [2.45, 2.75) is 160 Å². The predicted octanol–water partition coefficient (Wildman–Crippen LogP) is 7.23. The number of nitrogens with one attached hydrogen (secondary N) is 2. The molecule has 5 unspecified atom stereocenters. The van der Waals surface area contributed by atoms with Crippen LogP contribution in [0.2, 0.25) is 0 Å². The summed E-state index contributed by atoms with van der Waals surface area (Å²) in [4.78, 5) is 47.9. The van der Waals surface area contributed by atoms with Crippen LogP contribution in [0, 0.1) is 51.2 Å². The van der Waals surface area contributed by atoms with E-state index in [1.54, 1.807) is 5.57 Å². The summed E-state index contributed by atoms with van der Waals surface area (Å²) in [5, 5.41) is 18.1. The van der Waals surface area contributed by atoms with Gasteiger partial charge < -0.3 is 15.7 Å². The number of rotatable bonds is 0. The van der Waals surface area contributed by atoms with Gasteiger partial charge in [0.2, 0.25) is 11.8 Å². The van der Waals surface area contributed by atoms with Crippen molar-refractivity contribution in [3.63, 3.8) is 0 Å². The van der Waals surface area contributed by atoms with E-state index in [4.69, 9.17) is 0 Å². The number of hydrogen-bond donors (Lipinski definition) is 3. The average Bonchev–Trinajstić information content (AvgIpc) is 3.82. The lowest BCUT2D eigenvalue weighted by Crippen LogP contribution is -2.62. The van der Waals surface area contributed by atoms with E-state index in [0.29, 0.717) is 55.1 Å². The Hall–Kier alpha value is -2.54. The summed E-state index contributed by atoms with van der Waals surface area (Å²) >= 11 is 0. The van der Waals surface area contributed by atoms with Crippen molar-refractivity contribution in [2.24, 2.45) is 51.2 Å². The zero-order chi connectivity index (χ0) is 35.8. The van der Waals surface area contributed by atoms with Crippen LogP contribution < -0.4 is 10.6 Å². The first-order chi connectivity index (χ1) is 24.2. The Kier molecular flexibility index (Phi) is 7.55. The highest BCUT2D eigenvalue weighted by Gasteiger charge is 2.68. The van der Waals surface area contributed by atoms with E-state index in [9.17, 15) is 24.3 Å². The van der Waals surface area contributed by atoms with Crippen molar-refractivity contribution in [3.05, 3.63) is 34.9 Å². The molecular formula is C44H60N2O5. The molecule has 0 radical (unpaired) electrons. The van der Waals surface area contributed by atoms with E-state index in [1.807, 2.05) is 12.2 Å².